The average Bonchev–Trinajstić information content (AvgIpc) is 2.35. The van der Waals surface area contributed by atoms with E-state index in [1.165, 1.54) is 17.0 Å². The number of carbonyl (C=O) groups excluding carboxylic acids is 2. The van der Waals surface area contributed by atoms with Gasteiger partial charge in [-0.25, -0.2) is 4.39 Å². The van der Waals surface area contributed by atoms with Crippen molar-refractivity contribution in [3.05, 3.63) is 34.1 Å². The molecule has 1 atom stereocenters. The lowest BCUT2D eigenvalue weighted by Gasteiger charge is -2.38. The molecule has 1 aromatic carbocycles. The molecule has 2 amide bonds. The molecule has 0 saturated carbocycles. The molecule has 1 saturated heterocycles. The van der Waals surface area contributed by atoms with Crippen molar-refractivity contribution in [2.24, 2.45) is 5.73 Å². The Morgan fingerprint density at radius 1 is 1.43 bits per heavy atom. The minimum absolute atomic E-state index is 0.0168. The fraction of sp³-hybridized carbons (Fsp3) is 0.429. The summed E-state index contributed by atoms with van der Waals surface area (Å²) < 4.78 is 13.8. The van der Waals surface area contributed by atoms with Crippen molar-refractivity contribution < 1.29 is 19.1 Å². The Labute approximate surface area is 130 Å². The van der Waals surface area contributed by atoms with Crippen molar-refractivity contribution in [3.8, 4) is 0 Å². The molecule has 0 bridgehead atoms. The summed E-state index contributed by atoms with van der Waals surface area (Å²) in [6, 6.07) is 3.93. The van der Waals surface area contributed by atoms with Gasteiger partial charge in [-0.1, -0.05) is 15.9 Å². The normalized spacial score (nSPS) is 22.1. The van der Waals surface area contributed by atoms with Crippen LogP contribution in [0.15, 0.2) is 22.7 Å². The quantitative estimate of drug-likeness (QED) is 0.857. The zero-order valence-corrected chi connectivity index (χ0v) is 12.9. The molecule has 5 nitrogen and oxygen atoms in total. The van der Waals surface area contributed by atoms with Crippen LogP contribution in [-0.4, -0.2) is 40.5 Å². The molecule has 0 spiro atoms. The summed E-state index contributed by atoms with van der Waals surface area (Å²) in [7, 11) is 0. The van der Waals surface area contributed by atoms with Crippen molar-refractivity contribution in [2.75, 3.05) is 13.1 Å². The summed E-state index contributed by atoms with van der Waals surface area (Å²) in [5.41, 5.74) is 4.02. The smallest absolute Gasteiger partial charge is 0.254 e. The number of aliphatic hydroxyl groups is 1. The first kappa shape index (κ1) is 15.9. The van der Waals surface area contributed by atoms with Gasteiger partial charge in [0.05, 0.1) is 18.6 Å². The minimum atomic E-state index is -1.30. The maximum atomic E-state index is 13.4. The van der Waals surface area contributed by atoms with Crippen molar-refractivity contribution in [3.63, 3.8) is 0 Å². The van der Waals surface area contributed by atoms with E-state index in [1.807, 2.05) is 0 Å². The van der Waals surface area contributed by atoms with Gasteiger partial charge in [-0.2, -0.15) is 0 Å². The molecule has 3 N–H and O–H groups in total. The first-order chi connectivity index (χ1) is 9.79. The maximum absolute atomic E-state index is 13.4. The predicted octanol–water partition coefficient (Wildman–Crippen LogP) is 1.43. The fourth-order valence-corrected chi connectivity index (χ4v) is 3.08. The summed E-state index contributed by atoms with van der Waals surface area (Å²) >= 11 is 3.14. The second kappa shape index (κ2) is 6.11. The largest absolute Gasteiger partial charge is 0.388 e. The first-order valence-electron chi connectivity index (χ1n) is 6.55. The number of β-amino-alcohol motifs (C(OH)–C–C–N with tert-alkyl or cyclic N) is 1. The van der Waals surface area contributed by atoms with Crippen LogP contribution in [0.1, 0.15) is 29.6 Å². The van der Waals surface area contributed by atoms with Gasteiger partial charge in [-0.05, 0) is 31.0 Å². The second-order valence-corrected chi connectivity index (χ2v) is 6.27. The molecule has 7 heteroatoms. The van der Waals surface area contributed by atoms with E-state index < -0.39 is 17.3 Å². The van der Waals surface area contributed by atoms with Gasteiger partial charge < -0.3 is 15.7 Å². The lowest BCUT2D eigenvalue weighted by Crippen LogP contribution is -2.51. The van der Waals surface area contributed by atoms with Crippen molar-refractivity contribution in [1.29, 1.82) is 0 Å². The molecule has 114 valence electrons. The molecule has 1 heterocycles. The summed E-state index contributed by atoms with van der Waals surface area (Å²) in [5.74, 6) is -1.50. The van der Waals surface area contributed by atoms with E-state index >= 15 is 0 Å². The number of primary amides is 1. The Balaban J connectivity index is 2.17. The highest BCUT2D eigenvalue weighted by Gasteiger charge is 2.36. The number of nitrogens with zero attached hydrogens (tertiary/aromatic N) is 1. The average molecular weight is 359 g/mol. The molecule has 1 aromatic rings. The van der Waals surface area contributed by atoms with E-state index in [0.29, 0.717) is 23.9 Å². The van der Waals surface area contributed by atoms with Crippen LogP contribution in [0.3, 0.4) is 0 Å². The van der Waals surface area contributed by atoms with Crippen LogP contribution in [-0.2, 0) is 4.79 Å². The topological polar surface area (TPSA) is 83.6 Å². The second-order valence-electron chi connectivity index (χ2n) is 5.36. The van der Waals surface area contributed by atoms with Gasteiger partial charge >= 0.3 is 0 Å². The number of halogens is 2. The first-order valence-corrected chi connectivity index (χ1v) is 7.34. The fourth-order valence-electron chi connectivity index (χ4n) is 2.61. The van der Waals surface area contributed by atoms with Crippen LogP contribution in [0.25, 0.3) is 0 Å². The third-order valence-corrected chi connectivity index (χ3v) is 3.91. The summed E-state index contributed by atoms with van der Waals surface area (Å²) in [6.45, 7) is 0.469. The van der Waals surface area contributed by atoms with Crippen molar-refractivity contribution in [1.82, 2.24) is 4.90 Å². The molecule has 21 heavy (non-hydrogen) atoms. The van der Waals surface area contributed by atoms with E-state index in [2.05, 4.69) is 15.9 Å². The number of amides is 2. The highest BCUT2D eigenvalue weighted by atomic mass is 79.9. The van der Waals surface area contributed by atoms with Crippen molar-refractivity contribution in [2.45, 2.75) is 24.9 Å². The van der Waals surface area contributed by atoms with Gasteiger partial charge in [0.15, 0.2) is 0 Å². The molecule has 0 radical (unpaired) electrons. The van der Waals surface area contributed by atoms with Crippen LogP contribution >= 0.6 is 15.9 Å². The van der Waals surface area contributed by atoms with E-state index in [9.17, 15) is 19.1 Å². The Kier molecular flexibility index (Phi) is 4.63. The van der Waals surface area contributed by atoms with Gasteiger partial charge in [-0.15, -0.1) is 0 Å². The Morgan fingerprint density at radius 2 is 2.14 bits per heavy atom. The molecular formula is C14H16BrFN2O3. The van der Waals surface area contributed by atoms with E-state index in [1.54, 1.807) is 0 Å². The Hall–Kier alpha value is -1.47. The van der Waals surface area contributed by atoms with E-state index in [0.717, 1.165) is 6.07 Å². The maximum Gasteiger partial charge on any atom is 0.254 e. The molecular weight excluding hydrogens is 343 g/mol. The standard InChI is InChI=1S/C14H16BrFN2O3/c15-10-4-9(5-11(16)6-10)13(20)18-3-1-2-14(21,8-18)7-12(17)19/h4-6,21H,1-3,7-8H2,(H2,17,19). The molecule has 0 aromatic heterocycles. The minimum Gasteiger partial charge on any atom is -0.388 e. The third kappa shape index (κ3) is 4.01. The van der Waals surface area contributed by atoms with Gasteiger partial charge in [0.25, 0.3) is 5.91 Å². The van der Waals surface area contributed by atoms with Crippen LogP contribution in [0.2, 0.25) is 0 Å². The van der Waals surface area contributed by atoms with Gasteiger partial charge in [0.2, 0.25) is 5.91 Å². The van der Waals surface area contributed by atoms with E-state index in [-0.39, 0.29) is 24.4 Å². The SMILES string of the molecule is NC(=O)CC1(O)CCCN(C(=O)c2cc(F)cc(Br)c2)C1. The zero-order valence-electron chi connectivity index (χ0n) is 11.3. The molecule has 1 aliphatic heterocycles. The summed E-state index contributed by atoms with van der Waals surface area (Å²) in [6.07, 6.45) is 0.780. The van der Waals surface area contributed by atoms with E-state index in [4.69, 9.17) is 5.73 Å². The number of likely N-dealkylation sites (tertiary alicyclic amines) is 1. The van der Waals surface area contributed by atoms with Gasteiger partial charge in [0, 0.05) is 16.6 Å². The monoisotopic (exact) mass is 358 g/mol. The highest BCUT2D eigenvalue weighted by molar-refractivity contribution is 9.10. The van der Waals surface area contributed by atoms with Crippen LogP contribution in [0.5, 0.6) is 0 Å². The molecule has 2 rings (SSSR count). The highest BCUT2D eigenvalue weighted by Crippen LogP contribution is 2.26. The van der Waals surface area contributed by atoms with Crippen LogP contribution in [0, 0.1) is 5.82 Å². The molecule has 1 fully saturated rings. The number of piperidine rings is 1. The number of hydrogen-bond donors (Lipinski definition) is 2. The Bertz CT molecular complexity index is 561. The van der Waals surface area contributed by atoms with Crippen LogP contribution in [0.4, 0.5) is 4.39 Å². The molecule has 1 aliphatic rings. The summed E-state index contributed by atoms with van der Waals surface area (Å²) in [5, 5.41) is 10.3. The Morgan fingerprint density at radius 3 is 2.76 bits per heavy atom. The lowest BCUT2D eigenvalue weighted by molar-refractivity contribution is -0.125. The summed E-state index contributed by atoms with van der Waals surface area (Å²) in [4.78, 5) is 24.8. The van der Waals surface area contributed by atoms with Crippen molar-refractivity contribution >= 4 is 27.7 Å². The number of carbonyl (C=O) groups is 2. The zero-order chi connectivity index (χ0) is 15.6. The number of rotatable bonds is 3. The third-order valence-electron chi connectivity index (χ3n) is 3.46. The van der Waals surface area contributed by atoms with Crippen LogP contribution < -0.4 is 5.73 Å². The number of hydrogen-bond acceptors (Lipinski definition) is 3. The molecule has 1 unspecified atom stereocenters. The van der Waals surface area contributed by atoms with Gasteiger partial charge in [0.1, 0.15) is 5.82 Å². The number of nitrogens with two attached hydrogens (primary N) is 1. The molecule has 0 aliphatic carbocycles. The number of benzene rings is 1. The predicted molar refractivity (Wildman–Crippen MR) is 78.0 cm³/mol. The lowest BCUT2D eigenvalue weighted by atomic mass is 9.89. The van der Waals surface area contributed by atoms with Gasteiger partial charge in [-0.3, -0.25) is 9.59 Å².